The predicted octanol–water partition coefficient (Wildman–Crippen LogP) is 2.48. The van der Waals surface area contributed by atoms with Crippen molar-refractivity contribution in [1.29, 1.82) is 0 Å². The second-order valence-corrected chi connectivity index (χ2v) is 8.04. The number of rotatable bonds is 5. The largest absolute Gasteiger partial charge is 0.481 e. The molecule has 0 spiro atoms. The summed E-state index contributed by atoms with van der Waals surface area (Å²) in [5, 5.41) is 1.37. The number of halogens is 1. The molecule has 8 nitrogen and oxygen atoms in total. The zero-order chi connectivity index (χ0) is 21.0. The number of morpholine rings is 1. The highest BCUT2D eigenvalue weighted by molar-refractivity contribution is 7.17. The Balaban J connectivity index is 1.55. The summed E-state index contributed by atoms with van der Waals surface area (Å²) < 4.78 is 11.0. The van der Waals surface area contributed by atoms with E-state index in [1.165, 1.54) is 11.3 Å². The van der Waals surface area contributed by atoms with Gasteiger partial charge in [0.05, 0.1) is 18.9 Å². The Labute approximate surface area is 178 Å². The van der Waals surface area contributed by atoms with E-state index in [9.17, 15) is 9.59 Å². The number of thiazole rings is 1. The number of carbonyl (C=O) groups excluding carboxylic acids is 2. The van der Waals surface area contributed by atoms with Gasteiger partial charge >= 0.3 is 0 Å². The molecule has 0 radical (unpaired) electrons. The molecule has 29 heavy (non-hydrogen) atoms. The molecule has 156 valence electrons. The number of hydrogen-bond donors (Lipinski definition) is 2. The van der Waals surface area contributed by atoms with Gasteiger partial charge in [-0.25, -0.2) is 4.98 Å². The molecule has 2 heterocycles. The number of aromatic nitrogens is 1. The fraction of sp³-hybridized carbons (Fsp3) is 0.421. The van der Waals surface area contributed by atoms with E-state index in [1.54, 1.807) is 32.0 Å². The number of nitrogens with zero attached hydrogens (tertiary/aromatic N) is 2. The van der Waals surface area contributed by atoms with Crippen LogP contribution < -0.4 is 20.5 Å². The molecule has 1 atom stereocenters. The molecule has 2 amide bonds. The Hall–Kier alpha value is -2.36. The fourth-order valence-corrected chi connectivity index (χ4v) is 3.99. The summed E-state index contributed by atoms with van der Waals surface area (Å²) in [5.41, 5.74) is 6.27. The summed E-state index contributed by atoms with van der Waals surface area (Å²) >= 11 is 7.22. The van der Waals surface area contributed by atoms with E-state index >= 15 is 0 Å². The summed E-state index contributed by atoms with van der Waals surface area (Å²) in [5.74, 6) is -0.331. The maximum atomic E-state index is 12.5. The smallest absolute Gasteiger partial charge is 0.281 e. The van der Waals surface area contributed by atoms with Crippen molar-refractivity contribution in [1.82, 2.24) is 15.8 Å². The van der Waals surface area contributed by atoms with Gasteiger partial charge < -0.3 is 14.4 Å². The first kappa shape index (κ1) is 21.4. The molecular weight excluding hydrogens is 416 g/mol. The van der Waals surface area contributed by atoms with Crippen molar-refractivity contribution >= 4 is 39.9 Å². The van der Waals surface area contributed by atoms with Crippen LogP contribution in [-0.4, -0.2) is 49.2 Å². The number of nitrogens with one attached hydrogen (secondary N) is 2. The predicted molar refractivity (Wildman–Crippen MR) is 112 cm³/mol. The number of carbonyl (C=O) groups is 2. The normalized spacial score (nSPS) is 15.0. The Morgan fingerprint density at radius 1 is 1.28 bits per heavy atom. The highest BCUT2D eigenvalue weighted by Gasteiger charge is 2.22. The third kappa shape index (κ3) is 5.37. The Morgan fingerprint density at radius 2 is 2.00 bits per heavy atom. The Morgan fingerprint density at radius 3 is 2.69 bits per heavy atom. The van der Waals surface area contributed by atoms with Crippen LogP contribution in [0.4, 0.5) is 5.13 Å². The van der Waals surface area contributed by atoms with Gasteiger partial charge in [-0.2, -0.15) is 0 Å². The first-order valence-corrected chi connectivity index (χ1v) is 10.4. The van der Waals surface area contributed by atoms with Gasteiger partial charge in [-0.1, -0.05) is 22.9 Å². The van der Waals surface area contributed by atoms with Gasteiger partial charge in [0.2, 0.25) is 0 Å². The zero-order valence-electron chi connectivity index (χ0n) is 16.5. The number of benzene rings is 1. The molecule has 0 aliphatic carbocycles. The lowest BCUT2D eigenvalue weighted by atomic mass is 10.2. The van der Waals surface area contributed by atoms with E-state index in [-0.39, 0.29) is 0 Å². The van der Waals surface area contributed by atoms with E-state index in [4.69, 9.17) is 21.1 Å². The molecule has 1 aliphatic heterocycles. The number of anilines is 1. The lowest BCUT2D eigenvalue weighted by Crippen LogP contribution is -2.47. The van der Waals surface area contributed by atoms with Crippen LogP contribution in [0.3, 0.4) is 0 Å². The van der Waals surface area contributed by atoms with Crippen molar-refractivity contribution in [3.8, 4) is 5.75 Å². The highest BCUT2D eigenvalue weighted by Crippen LogP contribution is 2.26. The van der Waals surface area contributed by atoms with Gasteiger partial charge in [0.1, 0.15) is 10.6 Å². The molecule has 2 aromatic rings. The van der Waals surface area contributed by atoms with E-state index in [0.717, 1.165) is 23.8 Å². The van der Waals surface area contributed by atoms with Gasteiger partial charge in [-0.15, -0.1) is 0 Å². The topological polar surface area (TPSA) is 92.8 Å². The van der Waals surface area contributed by atoms with Crippen molar-refractivity contribution in [2.45, 2.75) is 26.9 Å². The molecule has 1 unspecified atom stereocenters. The van der Waals surface area contributed by atoms with Crippen LogP contribution in [0, 0.1) is 13.8 Å². The third-order valence-electron chi connectivity index (χ3n) is 4.38. The number of ether oxygens (including phenoxy) is 2. The summed E-state index contributed by atoms with van der Waals surface area (Å²) in [7, 11) is 0. The molecule has 10 heteroatoms. The molecule has 3 rings (SSSR count). The molecule has 1 fully saturated rings. The van der Waals surface area contributed by atoms with Crippen LogP contribution in [-0.2, 0) is 9.53 Å². The molecular formula is C19H23ClN4O4S. The lowest BCUT2D eigenvalue weighted by Gasteiger charge is -2.25. The van der Waals surface area contributed by atoms with Gasteiger partial charge in [0.15, 0.2) is 11.2 Å². The third-order valence-corrected chi connectivity index (χ3v) is 5.83. The number of amides is 2. The van der Waals surface area contributed by atoms with Crippen LogP contribution in [0.2, 0.25) is 5.02 Å². The van der Waals surface area contributed by atoms with Gasteiger partial charge in [-0.05, 0) is 44.5 Å². The maximum Gasteiger partial charge on any atom is 0.281 e. The van der Waals surface area contributed by atoms with Crippen molar-refractivity contribution < 1.29 is 19.1 Å². The van der Waals surface area contributed by atoms with Crippen LogP contribution in [0.1, 0.15) is 27.9 Å². The highest BCUT2D eigenvalue weighted by atomic mass is 35.5. The first-order valence-electron chi connectivity index (χ1n) is 9.18. The average Bonchev–Trinajstić information content (AvgIpc) is 3.10. The molecule has 0 saturated carbocycles. The van der Waals surface area contributed by atoms with Crippen molar-refractivity contribution in [3.05, 3.63) is 39.4 Å². The van der Waals surface area contributed by atoms with Crippen molar-refractivity contribution in [2.24, 2.45) is 0 Å². The van der Waals surface area contributed by atoms with Crippen LogP contribution in [0.5, 0.6) is 5.75 Å². The minimum absolute atomic E-state index is 0.414. The molecule has 0 bridgehead atoms. The summed E-state index contributed by atoms with van der Waals surface area (Å²) in [4.78, 5) is 31.8. The number of aryl methyl sites for hydroxylation is 2. The van der Waals surface area contributed by atoms with E-state index in [0.29, 0.717) is 34.6 Å². The minimum atomic E-state index is -0.804. The first-order chi connectivity index (χ1) is 13.8. The SMILES string of the molecule is Cc1cc(Cl)ccc1OC(C)C(=O)NNC(=O)c1sc(N2CCOCC2)nc1C. The Bertz CT molecular complexity index is 898. The number of hydrazine groups is 1. The van der Waals surface area contributed by atoms with Gasteiger partial charge in [0.25, 0.3) is 11.8 Å². The lowest BCUT2D eigenvalue weighted by molar-refractivity contribution is -0.128. The van der Waals surface area contributed by atoms with E-state index < -0.39 is 17.9 Å². The molecule has 1 saturated heterocycles. The minimum Gasteiger partial charge on any atom is -0.481 e. The monoisotopic (exact) mass is 438 g/mol. The molecule has 1 aromatic heterocycles. The van der Waals surface area contributed by atoms with E-state index in [1.807, 2.05) is 6.92 Å². The second kappa shape index (κ2) is 9.43. The Kier molecular flexibility index (Phi) is 6.94. The summed E-state index contributed by atoms with van der Waals surface area (Å²) in [6.45, 7) is 7.97. The quantitative estimate of drug-likeness (QED) is 0.697. The van der Waals surface area contributed by atoms with E-state index in [2.05, 4.69) is 20.7 Å². The molecule has 1 aliphatic rings. The van der Waals surface area contributed by atoms with Crippen LogP contribution in [0.15, 0.2) is 18.2 Å². The van der Waals surface area contributed by atoms with Crippen LogP contribution in [0.25, 0.3) is 0 Å². The fourth-order valence-electron chi connectivity index (χ4n) is 2.75. The second-order valence-electron chi connectivity index (χ2n) is 6.62. The summed E-state index contributed by atoms with van der Waals surface area (Å²) in [6.07, 6.45) is -0.804. The molecule has 2 N–H and O–H groups in total. The average molecular weight is 439 g/mol. The van der Waals surface area contributed by atoms with Gasteiger partial charge in [0, 0.05) is 18.1 Å². The maximum absolute atomic E-state index is 12.5. The van der Waals surface area contributed by atoms with Gasteiger partial charge in [-0.3, -0.25) is 20.4 Å². The molecule has 1 aromatic carbocycles. The summed E-state index contributed by atoms with van der Waals surface area (Å²) in [6, 6.07) is 5.14. The standard InChI is InChI=1S/C19H23ClN4O4S/c1-11-10-14(20)4-5-15(11)28-13(3)17(25)22-23-18(26)16-12(2)21-19(29-16)24-6-8-27-9-7-24/h4-5,10,13H,6-9H2,1-3H3,(H,22,25)(H,23,26). The zero-order valence-corrected chi connectivity index (χ0v) is 18.0. The van der Waals surface area contributed by atoms with Crippen molar-refractivity contribution in [2.75, 3.05) is 31.2 Å². The van der Waals surface area contributed by atoms with Crippen LogP contribution >= 0.6 is 22.9 Å². The van der Waals surface area contributed by atoms with Crippen molar-refractivity contribution in [3.63, 3.8) is 0 Å². The number of hydrogen-bond acceptors (Lipinski definition) is 7.